The molecule has 1 saturated carbocycles. The summed E-state index contributed by atoms with van der Waals surface area (Å²) < 4.78 is 10.7. The normalized spacial score (nSPS) is 44.1. The van der Waals surface area contributed by atoms with E-state index >= 15 is 0 Å². The third kappa shape index (κ3) is 1.39. The minimum Gasteiger partial charge on any atom is -0.469 e. The molecule has 2 fully saturated rings. The van der Waals surface area contributed by atoms with Gasteiger partial charge in [0, 0.05) is 0 Å². The Morgan fingerprint density at radius 2 is 2.33 bits per heavy atom. The summed E-state index contributed by atoms with van der Waals surface area (Å²) in [4.78, 5) is 11.8. The number of aliphatic hydroxyl groups is 1. The summed E-state index contributed by atoms with van der Waals surface area (Å²) in [6, 6.07) is 0. The maximum absolute atomic E-state index is 11.8. The summed E-state index contributed by atoms with van der Waals surface area (Å²) in [6.45, 7) is 1.90. The average Bonchev–Trinajstić information content (AvgIpc) is 2.47. The zero-order valence-corrected chi connectivity index (χ0v) is 9.28. The second-order valence-electron chi connectivity index (χ2n) is 4.78. The fourth-order valence-corrected chi connectivity index (χ4v) is 3.13. The molecule has 4 heteroatoms. The van der Waals surface area contributed by atoms with E-state index in [0.717, 1.165) is 19.3 Å². The third-order valence-corrected chi connectivity index (χ3v) is 3.98. The van der Waals surface area contributed by atoms with Crippen molar-refractivity contribution in [2.75, 3.05) is 13.7 Å². The number of methoxy groups -OCH3 is 1. The molecule has 2 rings (SSSR count). The van der Waals surface area contributed by atoms with E-state index in [2.05, 4.69) is 0 Å². The number of esters is 1. The maximum Gasteiger partial charge on any atom is 0.314 e. The third-order valence-electron chi connectivity index (χ3n) is 3.98. The van der Waals surface area contributed by atoms with Crippen LogP contribution in [0.3, 0.4) is 0 Å². The lowest BCUT2D eigenvalue weighted by Gasteiger charge is -2.34. The van der Waals surface area contributed by atoms with E-state index in [-0.39, 0.29) is 18.7 Å². The smallest absolute Gasteiger partial charge is 0.314 e. The van der Waals surface area contributed by atoms with Gasteiger partial charge in [0.15, 0.2) is 0 Å². The van der Waals surface area contributed by atoms with Crippen molar-refractivity contribution in [1.82, 2.24) is 0 Å². The first-order valence-electron chi connectivity index (χ1n) is 5.46. The van der Waals surface area contributed by atoms with Gasteiger partial charge in [0.2, 0.25) is 0 Å². The van der Waals surface area contributed by atoms with Gasteiger partial charge in [-0.3, -0.25) is 4.79 Å². The van der Waals surface area contributed by atoms with E-state index < -0.39 is 11.0 Å². The Morgan fingerprint density at radius 1 is 1.60 bits per heavy atom. The lowest BCUT2D eigenvalue weighted by Crippen LogP contribution is -2.42. The highest BCUT2D eigenvalue weighted by atomic mass is 16.5. The van der Waals surface area contributed by atoms with Crippen molar-refractivity contribution in [2.45, 2.75) is 44.3 Å². The molecule has 2 bridgehead atoms. The first kappa shape index (κ1) is 10.9. The molecule has 0 spiro atoms. The predicted octanol–water partition coefficient (Wildman–Crippen LogP) is 0.870. The number of aliphatic hydroxyl groups excluding tert-OH is 1. The van der Waals surface area contributed by atoms with Gasteiger partial charge in [-0.05, 0) is 32.6 Å². The molecule has 2 aliphatic rings. The molecule has 15 heavy (non-hydrogen) atoms. The Bertz CT molecular complexity index is 278. The van der Waals surface area contributed by atoms with Crippen LogP contribution >= 0.6 is 0 Å². The summed E-state index contributed by atoms with van der Waals surface area (Å²) in [7, 11) is 1.41. The van der Waals surface area contributed by atoms with Crippen LogP contribution in [0.1, 0.15) is 32.6 Å². The summed E-state index contributed by atoms with van der Waals surface area (Å²) in [5.41, 5.74) is -1.01. The Morgan fingerprint density at radius 3 is 2.93 bits per heavy atom. The molecule has 1 aliphatic heterocycles. The molecule has 0 aromatic carbocycles. The number of hydrogen-bond donors (Lipinski definition) is 1. The molecule has 1 saturated heterocycles. The van der Waals surface area contributed by atoms with E-state index in [0.29, 0.717) is 6.42 Å². The quantitative estimate of drug-likeness (QED) is 0.693. The average molecular weight is 214 g/mol. The van der Waals surface area contributed by atoms with Crippen molar-refractivity contribution in [3.63, 3.8) is 0 Å². The van der Waals surface area contributed by atoms with Crippen molar-refractivity contribution < 1.29 is 19.4 Å². The Hall–Kier alpha value is -0.610. The Kier molecular flexibility index (Phi) is 2.51. The van der Waals surface area contributed by atoms with Crippen molar-refractivity contribution in [2.24, 2.45) is 5.41 Å². The fourth-order valence-electron chi connectivity index (χ4n) is 3.13. The first-order chi connectivity index (χ1) is 7.08. The molecular formula is C11H18O4. The molecule has 0 aromatic rings. The highest BCUT2D eigenvalue weighted by molar-refractivity contribution is 5.78. The fraction of sp³-hybridized carbons (Fsp3) is 0.909. The Balaban J connectivity index is 2.30. The molecule has 1 unspecified atom stereocenters. The minimum atomic E-state index is -0.518. The zero-order valence-electron chi connectivity index (χ0n) is 9.28. The van der Waals surface area contributed by atoms with Crippen molar-refractivity contribution in [3.8, 4) is 0 Å². The molecule has 1 N–H and O–H groups in total. The number of rotatable bonds is 2. The molecule has 86 valence electrons. The lowest BCUT2D eigenvalue weighted by molar-refractivity contribution is -0.156. The van der Waals surface area contributed by atoms with Crippen molar-refractivity contribution in [3.05, 3.63) is 0 Å². The van der Waals surface area contributed by atoms with Gasteiger partial charge in [0.05, 0.1) is 30.8 Å². The van der Waals surface area contributed by atoms with Crippen LogP contribution in [0.5, 0.6) is 0 Å². The van der Waals surface area contributed by atoms with Gasteiger partial charge in [-0.15, -0.1) is 0 Å². The summed E-state index contributed by atoms with van der Waals surface area (Å²) in [6.07, 6.45) is 3.01. The standard InChI is InChI=1S/C11H18O4/c1-8-11(9(13)14-2)5-3-4-10(6-11,7-12)15-8/h8,12H,3-7H2,1-2H3/t8-,10?,11-/m1/s1. The number of fused-ring (bicyclic) bond motifs is 2. The van der Waals surface area contributed by atoms with Crippen LogP contribution in [0.4, 0.5) is 0 Å². The minimum absolute atomic E-state index is 0.00388. The van der Waals surface area contributed by atoms with Gasteiger partial charge in [0.25, 0.3) is 0 Å². The molecule has 1 heterocycles. The highest BCUT2D eigenvalue weighted by Crippen LogP contribution is 2.54. The maximum atomic E-state index is 11.8. The predicted molar refractivity (Wildman–Crippen MR) is 53.3 cm³/mol. The van der Waals surface area contributed by atoms with Crippen LogP contribution in [0.25, 0.3) is 0 Å². The van der Waals surface area contributed by atoms with Crippen molar-refractivity contribution in [1.29, 1.82) is 0 Å². The molecule has 4 nitrogen and oxygen atoms in total. The van der Waals surface area contributed by atoms with Gasteiger partial charge >= 0.3 is 5.97 Å². The number of ether oxygens (including phenoxy) is 2. The van der Waals surface area contributed by atoms with E-state index in [1.165, 1.54) is 7.11 Å². The van der Waals surface area contributed by atoms with Crippen LogP contribution in [-0.4, -0.2) is 36.5 Å². The first-order valence-corrected chi connectivity index (χ1v) is 5.46. The van der Waals surface area contributed by atoms with E-state index in [4.69, 9.17) is 9.47 Å². The monoisotopic (exact) mass is 214 g/mol. The summed E-state index contributed by atoms with van der Waals surface area (Å²) in [5.74, 6) is -0.190. The van der Waals surface area contributed by atoms with E-state index in [1.54, 1.807) is 0 Å². The van der Waals surface area contributed by atoms with Crippen LogP contribution in [0.15, 0.2) is 0 Å². The van der Waals surface area contributed by atoms with Crippen LogP contribution in [0.2, 0.25) is 0 Å². The molecule has 0 aromatic heterocycles. The van der Waals surface area contributed by atoms with E-state index in [1.807, 2.05) is 6.92 Å². The Labute approximate surface area is 89.6 Å². The van der Waals surface area contributed by atoms with Crippen LogP contribution in [-0.2, 0) is 14.3 Å². The number of hydrogen-bond acceptors (Lipinski definition) is 4. The second kappa shape index (κ2) is 3.46. The summed E-state index contributed by atoms with van der Waals surface area (Å²) in [5, 5.41) is 9.38. The number of carbonyl (C=O) groups is 1. The molecule has 3 atom stereocenters. The van der Waals surface area contributed by atoms with Crippen molar-refractivity contribution >= 4 is 5.97 Å². The SMILES string of the molecule is COC(=O)[C@]12CCCC(CO)(C1)O[C@@H]2C. The van der Waals surface area contributed by atoms with Crippen LogP contribution in [0, 0.1) is 5.41 Å². The van der Waals surface area contributed by atoms with Gasteiger partial charge < -0.3 is 14.6 Å². The second-order valence-corrected chi connectivity index (χ2v) is 4.78. The van der Waals surface area contributed by atoms with E-state index in [9.17, 15) is 9.90 Å². The molecule has 1 aliphatic carbocycles. The van der Waals surface area contributed by atoms with Gasteiger partial charge in [-0.1, -0.05) is 0 Å². The number of carbonyl (C=O) groups excluding carboxylic acids is 1. The molecule has 0 radical (unpaired) electrons. The zero-order chi connectivity index (χ0) is 11.1. The van der Waals surface area contributed by atoms with Crippen LogP contribution < -0.4 is 0 Å². The lowest BCUT2D eigenvalue weighted by atomic mass is 9.68. The summed E-state index contributed by atoms with van der Waals surface area (Å²) >= 11 is 0. The highest BCUT2D eigenvalue weighted by Gasteiger charge is 2.60. The van der Waals surface area contributed by atoms with Gasteiger partial charge in [-0.25, -0.2) is 0 Å². The van der Waals surface area contributed by atoms with Gasteiger partial charge in [0.1, 0.15) is 0 Å². The largest absolute Gasteiger partial charge is 0.469 e. The van der Waals surface area contributed by atoms with Gasteiger partial charge in [-0.2, -0.15) is 0 Å². The molecular weight excluding hydrogens is 196 g/mol. The molecule has 0 amide bonds. The topological polar surface area (TPSA) is 55.8 Å².